The van der Waals surface area contributed by atoms with Crippen LogP contribution in [0.5, 0.6) is 0 Å². The predicted molar refractivity (Wildman–Crippen MR) is 88.1 cm³/mol. The molecule has 1 heterocycles. The number of thiazole rings is 1. The number of carbonyl (C=O) groups excluding carboxylic acids is 1. The first-order valence-electron chi connectivity index (χ1n) is 6.65. The van der Waals surface area contributed by atoms with E-state index in [1.807, 2.05) is 24.3 Å². The first kappa shape index (κ1) is 14.0. The molecule has 1 fully saturated rings. The Kier molecular flexibility index (Phi) is 4.16. The fourth-order valence-corrected chi connectivity index (χ4v) is 2.80. The van der Waals surface area contributed by atoms with Crippen molar-refractivity contribution in [2.24, 2.45) is 0 Å². The Balaban J connectivity index is 1.43. The van der Waals surface area contributed by atoms with Crippen LogP contribution in [-0.4, -0.2) is 28.6 Å². The van der Waals surface area contributed by atoms with Gasteiger partial charge in [-0.1, -0.05) is 23.5 Å². The van der Waals surface area contributed by atoms with E-state index in [-0.39, 0.29) is 12.5 Å². The highest BCUT2D eigenvalue weighted by Gasteiger charge is 2.21. The van der Waals surface area contributed by atoms with Gasteiger partial charge in [0.05, 0.1) is 16.8 Å². The van der Waals surface area contributed by atoms with Gasteiger partial charge in [-0.25, -0.2) is 4.98 Å². The summed E-state index contributed by atoms with van der Waals surface area (Å²) >= 11 is 6.56. The first-order chi connectivity index (χ1) is 10.2. The second kappa shape index (κ2) is 6.23. The molecule has 0 spiro atoms. The molecule has 3 rings (SSSR count). The smallest absolute Gasteiger partial charge is 0.257 e. The van der Waals surface area contributed by atoms with E-state index in [0.717, 1.165) is 28.2 Å². The molecule has 1 aliphatic carbocycles. The third-order valence-corrected chi connectivity index (χ3v) is 4.14. The number of carbonyl (C=O) groups is 1. The topological polar surface area (TPSA) is 78.1 Å². The van der Waals surface area contributed by atoms with E-state index in [1.165, 1.54) is 11.3 Å². The van der Waals surface area contributed by atoms with Crippen LogP contribution in [0, 0.1) is 0 Å². The summed E-state index contributed by atoms with van der Waals surface area (Å²) in [4.78, 5) is 16.1. The Morgan fingerprint density at radius 1 is 1.33 bits per heavy atom. The van der Waals surface area contributed by atoms with Crippen LogP contribution in [0.3, 0.4) is 0 Å². The van der Waals surface area contributed by atoms with E-state index < -0.39 is 0 Å². The van der Waals surface area contributed by atoms with Gasteiger partial charge in [-0.05, 0) is 37.2 Å². The standard InChI is InChI=1S/C13H15N5OS2/c19-11(17-18-12(20)15-8-5-6-8)7-14-13-16-9-3-1-2-4-10(9)21-13/h1-4,8H,5-7H2,(H,14,16)(H,17,19)(H2,15,18,20). The Hall–Kier alpha value is -1.93. The molecule has 2 aromatic rings. The number of benzene rings is 1. The summed E-state index contributed by atoms with van der Waals surface area (Å²) in [5.74, 6) is -0.200. The molecule has 1 amide bonds. The number of nitrogens with zero attached hydrogens (tertiary/aromatic N) is 1. The van der Waals surface area contributed by atoms with Crippen LogP contribution in [-0.2, 0) is 4.79 Å². The lowest BCUT2D eigenvalue weighted by Crippen LogP contribution is -2.48. The normalized spacial score (nSPS) is 13.7. The monoisotopic (exact) mass is 321 g/mol. The van der Waals surface area contributed by atoms with E-state index in [1.54, 1.807) is 0 Å². The van der Waals surface area contributed by atoms with Crippen molar-refractivity contribution in [2.45, 2.75) is 18.9 Å². The Morgan fingerprint density at radius 2 is 2.14 bits per heavy atom. The molecule has 0 saturated heterocycles. The summed E-state index contributed by atoms with van der Waals surface area (Å²) in [6.45, 7) is 0.138. The second-order valence-corrected chi connectivity index (χ2v) is 6.20. The van der Waals surface area contributed by atoms with Crippen molar-refractivity contribution in [1.82, 2.24) is 21.2 Å². The number of para-hydroxylation sites is 1. The van der Waals surface area contributed by atoms with Crippen LogP contribution in [0.25, 0.3) is 10.2 Å². The van der Waals surface area contributed by atoms with Gasteiger partial charge < -0.3 is 10.6 Å². The quantitative estimate of drug-likeness (QED) is 0.503. The van der Waals surface area contributed by atoms with Crippen molar-refractivity contribution in [3.05, 3.63) is 24.3 Å². The van der Waals surface area contributed by atoms with Crippen LogP contribution in [0.15, 0.2) is 24.3 Å². The summed E-state index contributed by atoms with van der Waals surface area (Å²) in [6.07, 6.45) is 2.27. The van der Waals surface area contributed by atoms with Crippen LogP contribution < -0.4 is 21.5 Å². The Labute approximate surface area is 131 Å². The third-order valence-electron chi connectivity index (χ3n) is 2.92. The molecule has 1 saturated carbocycles. The fraction of sp³-hybridized carbons (Fsp3) is 0.308. The minimum absolute atomic E-state index is 0.138. The van der Waals surface area contributed by atoms with Gasteiger partial charge in [-0.15, -0.1) is 0 Å². The van der Waals surface area contributed by atoms with Gasteiger partial charge in [0, 0.05) is 6.04 Å². The van der Waals surface area contributed by atoms with E-state index >= 15 is 0 Å². The van der Waals surface area contributed by atoms with Gasteiger partial charge in [0.25, 0.3) is 5.91 Å². The SMILES string of the molecule is O=C(CNc1nc2ccccc2s1)NNC(=S)NC1CC1. The number of fused-ring (bicyclic) bond motifs is 1. The molecule has 1 aromatic heterocycles. The molecule has 0 radical (unpaired) electrons. The second-order valence-electron chi connectivity index (χ2n) is 4.76. The lowest BCUT2D eigenvalue weighted by atomic mass is 10.3. The zero-order valence-electron chi connectivity index (χ0n) is 11.2. The maximum atomic E-state index is 11.7. The van der Waals surface area contributed by atoms with E-state index in [2.05, 4.69) is 26.5 Å². The lowest BCUT2D eigenvalue weighted by Gasteiger charge is -2.10. The zero-order chi connectivity index (χ0) is 14.7. The first-order valence-corrected chi connectivity index (χ1v) is 7.88. The van der Waals surface area contributed by atoms with E-state index in [9.17, 15) is 4.79 Å². The maximum Gasteiger partial charge on any atom is 0.257 e. The number of rotatable bonds is 4. The van der Waals surface area contributed by atoms with Gasteiger partial charge in [-0.2, -0.15) is 0 Å². The van der Waals surface area contributed by atoms with Gasteiger partial charge in [-0.3, -0.25) is 15.6 Å². The summed E-state index contributed by atoms with van der Waals surface area (Å²) in [7, 11) is 0. The number of aromatic nitrogens is 1. The van der Waals surface area contributed by atoms with Gasteiger partial charge in [0.1, 0.15) is 0 Å². The van der Waals surface area contributed by atoms with Crippen molar-refractivity contribution >= 4 is 49.9 Å². The van der Waals surface area contributed by atoms with Crippen LogP contribution in [0.2, 0.25) is 0 Å². The Bertz CT molecular complexity index is 634. The number of thiocarbonyl (C=S) groups is 1. The molecule has 8 heteroatoms. The summed E-state index contributed by atoms with van der Waals surface area (Å²) < 4.78 is 1.09. The highest BCUT2D eigenvalue weighted by atomic mass is 32.1. The predicted octanol–water partition coefficient (Wildman–Crippen LogP) is 1.37. The summed E-state index contributed by atoms with van der Waals surface area (Å²) in [6, 6.07) is 8.32. The van der Waals surface area contributed by atoms with Gasteiger partial charge in [0.15, 0.2) is 10.2 Å². The molecule has 4 N–H and O–H groups in total. The largest absolute Gasteiger partial charge is 0.359 e. The van der Waals surface area contributed by atoms with Gasteiger partial charge >= 0.3 is 0 Å². The molecular weight excluding hydrogens is 306 g/mol. The number of hydrogen-bond acceptors (Lipinski definition) is 5. The minimum atomic E-state index is -0.200. The number of anilines is 1. The number of hydrazine groups is 1. The average molecular weight is 321 g/mol. The van der Waals surface area contributed by atoms with Crippen LogP contribution in [0.1, 0.15) is 12.8 Å². The summed E-state index contributed by atoms with van der Waals surface area (Å²) in [5.41, 5.74) is 6.15. The van der Waals surface area contributed by atoms with Crippen LogP contribution in [0.4, 0.5) is 5.13 Å². The van der Waals surface area contributed by atoms with Crippen molar-refractivity contribution < 1.29 is 4.79 Å². The van der Waals surface area contributed by atoms with Crippen molar-refractivity contribution in [1.29, 1.82) is 0 Å². The molecule has 6 nitrogen and oxygen atoms in total. The lowest BCUT2D eigenvalue weighted by molar-refractivity contribution is -0.119. The Morgan fingerprint density at radius 3 is 2.90 bits per heavy atom. The fourth-order valence-electron chi connectivity index (χ4n) is 1.72. The van der Waals surface area contributed by atoms with Crippen molar-refractivity contribution in [2.75, 3.05) is 11.9 Å². The molecule has 21 heavy (non-hydrogen) atoms. The maximum absolute atomic E-state index is 11.7. The molecule has 1 aliphatic rings. The van der Waals surface area contributed by atoms with E-state index in [0.29, 0.717) is 11.2 Å². The minimum Gasteiger partial charge on any atom is -0.359 e. The number of nitrogens with one attached hydrogen (secondary N) is 4. The van der Waals surface area contributed by atoms with E-state index in [4.69, 9.17) is 12.2 Å². The molecule has 0 atom stereocenters. The molecule has 110 valence electrons. The molecule has 0 unspecified atom stereocenters. The highest BCUT2D eigenvalue weighted by molar-refractivity contribution is 7.80. The molecule has 1 aromatic carbocycles. The average Bonchev–Trinajstić information content (AvgIpc) is 3.18. The molecule has 0 bridgehead atoms. The van der Waals surface area contributed by atoms with Crippen molar-refractivity contribution in [3.8, 4) is 0 Å². The highest BCUT2D eigenvalue weighted by Crippen LogP contribution is 2.24. The number of hydrogen-bond donors (Lipinski definition) is 4. The van der Waals surface area contributed by atoms with Gasteiger partial charge in [0.2, 0.25) is 0 Å². The zero-order valence-corrected chi connectivity index (χ0v) is 12.8. The summed E-state index contributed by atoms with van der Waals surface area (Å²) in [5, 5.41) is 7.25. The molecular formula is C13H15N5OS2. The third kappa shape index (κ3) is 4.02. The molecule has 0 aliphatic heterocycles. The number of amides is 1. The van der Waals surface area contributed by atoms with Crippen molar-refractivity contribution in [3.63, 3.8) is 0 Å². The van der Waals surface area contributed by atoms with Crippen LogP contribution >= 0.6 is 23.6 Å².